The highest BCUT2D eigenvalue weighted by molar-refractivity contribution is 6.01. The van der Waals surface area contributed by atoms with Gasteiger partial charge in [-0.25, -0.2) is 0 Å². The van der Waals surface area contributed by atoms with Gasteiger partial charge in [-0.2, -0.15) is 0 Å². The molecule has 1 aromatic carbocycles. The number of allylic oxidation sites excluding steroid dienone is 1. The fraction of sp³-hybridized carbons (Fsp3) is 0.368. The van der Waals surface area contributed by atoms with Crippen LogP contribution in [0.1, 0.15) is 23.5 Å². The Labute approximate surface area is 152 Å². The Bertz CT molecular complexity index is 718. The van der Waals surface area contributed by atoms with Gasteiger partial charge in [0, 0.05) is 11.3 Å². The zero-order chi connectivity index (χ0) is 19.7. The van der Waals surface area contributed by atoms with Crippen LogP contribution in [0.4, 0.5) is 0 Å². The third-order valence-electron chi connectivity index (χ3n) is 4.20. The van der Waals surface area contributed by atoms with Crippen molar-refractivity contribution >= 4 is 11.9 Å². The van der Waals surface area contributed by atoms with Gasteiger partial charge in [0.1, 0.15) is 0 Å². The van der Waals surface area contributed by atoms with E-state index in [1.165, 1.54) is 0 Å². The summed E-state index contributed by atoms with van der Waals surface area (Å²) in [7, 11) is 2.19. The first-order chi connectivity index (χ1) is 12.4. The lowest BCUT2D eigenvalue weighted by atomic mass is 9.68. The molecule has 0 saturated heterocycles. The van der Waals surface area contributed by atoms with Crippen molar-refractivity contribution in [1.29, 1.82) is 0 Å². The molecule has 7 heteroatoms. The van der Waals surface area contributed by atoms with E-state index in [1.807, 2.05) is 0 Å². The molecule has 0 spiro atoms. The average molecular weight is 359 g/mol. The summed E-state index contributed by atoms with van der Waals surface area (Å²) in [5, 5.41) is 11.4. The minimum absolute atomic E-state index is 0.396. The summed E-state index contributed by atoms with van der Waals surface area (Å²) >= 11 is 0. The SMILES string of the molecule is C#CCC(C(=O)OC)(C(=O)OC)[C@@H](C[N+](=O)[O-])c1ccccc1CC=C. The van der Waals surface area contributed by atoms with E-state index in [1.54, 1.807) is 30.3 Å². The van der Waals surface area contributed by atoms with E-state index in [9.17, 15) is 19.7 Å². The second-order valence-corrected chi connectivity index (χ2v) is 5.59. The predicted octanol–water partition coefficient (Wildman–Crippen LogP) is 2.13. The monoisotopic (exact) mass is 359 g/mol. The number of methoxy groups -OCH3 is 2. The fourth-order valence-corrected chi connectivity index (χ4v) is 3.04. The number of terminal acetylenes is 1. The molecule has 0 radical (unpaired) electrons. The van der Waals surface area contributed by atoms with Crippen molar-refractivity contribution in [3.63, 3.8) is 0 Å². The number of hydrogen-bond donors (Lipinski definition) is 0. The van der Waals surface area contributed by atoms with E-state index in [-0.39, 0.29) is 0 Å². The molecule has 0 aliphatic rings. The standard InChI is InChI=1S/C19H21NO6/c1-5-9-14-10-7-8-11-15(14)16(13-20(23)24)19(12-6-2,17(21)25-3)18(22)26-4/h2,5,7-8,10-11,16H,1,9,12-13H2,3-4H3/t16-/m0/s1. The first kappa shape index (κ1) is 20.9. The molecule has 7 nitrogen and oxygen atoms in total. The van der Waals surface area contributed by atoms with Crippen LogP contribution in [0.3, 0.4) is 0 Å². The van der Waals surface area contributed by atoms with E-state index in [4.69, 9.17) is 15.9 Å². The van der Waals surface area contributed by atoms with Gasteiger partial charge in [-0.3, -0.25) is 19.7 Å². The molecule has 1 aromatic rings. The quantitative estimate of drug-likeness (QED) is 0.167. The van der Waals surface area contributed by atoms with Gasteiger partial charge in [0.2, 0.25) is 6.54 Å². The first-order valence-corrected chi connectivity index (χ1v) is 7.79. The van der Waals surface area contributed by atoms with E-state index < -0.39 is 41.2 Å². The summed E-state index contributed by atoms with van der Waals surface area (Å²) in [6, 6.07) is 6.80. The second-order valence-electron chi connectivity index (χ2n) is 5.59. The zero-order valence-corrected chi connectivity index (χ0v) is 14.8. The van der Waals surface area contributed by atoms with Gasteiger partial charge in [0.05, 0.1) is 20.1 Å². The maximum Gasteiger partial charge on any atom is 0.325 e. The molecule has 0 unspecified atom stereocenters. The van der Waals surface area contributed by atoms with E-state index in [0.29, 0.717) is 17.5 Å². The van der Waals surface area contributed by atoms with Crippen LogP contribution in [0.25, 0.3) is 0 Å². The van der Waals surface area contributed by atoms with Gasteiger partial charge in [-0.1, -0.05) is 30.3 Å². The number of esters is 2. The maximum atomic E-state index is 12.6. The van der Waals surface area contributed by atoms with Crippen molar-refractivity contribution in [3.05, 3.63) is 58.2 Å². The Morgan fingerprint density at radius 2 is 1.92 bits per heavy atom. The number of rotatable bonds is 9. The zero-order valence-electron chi connectivity index (χ0n) is 14.8. The van der Waals surface area contributed by atoms with Crippen molar-refractivity contribution in [2.24, 2.45) is 5.41 Å². The number of ether oxygens (including phenoxy) is 2. The topological polar surface area (TPSA) is 95.7 Å². The molecule has 1 atom stereocenters. The van der Waals surface area contributed by atoms with Gasteiger partial charge in [-0.15, -0.1) is 18.9 Å². The lowest BCUT2D eigenvalue weighted by molar-refractivity contribution is -0.485. The highest BCUT2D eigenvalue weighted by Gasteiger charge is 2.57. The van der Waals surface area contributed by atoms with E-state index >= 15 is 0 Å². The number of carbonyl (C=O) groups excluding carboxylic acids is 2. The predicted molar refractivity (Wildman–Crippen MR) is 94.9 cm³/mol. The molecule has 0 fully saturated rings. The van der Waals surface area contributed by atoms with Crippen LogP contribution in [0.5, 0.6) is 0 Å². The van der Waals surface area contributed by atoms with Crippen LogP contribution in [0.2, 0.25) is 0 Å². The molecule has 0 saturated carbocycles. The van der Waals surface area contributed by atoms with Gasteiger partial charge in [-0.05, 0) is 17.5 Å². The number of nitro groups is 1. The van der Waals surface area contributed by atoms with Crippen molar-refractivity contribution < 1.29 is 24.0 Å². The summed E-state index contributed by atoms with van der Waals surface area (Å²) in [6.45, 7) is 2.97. The highest BCUT2D eigenvalue weighted by Crippen LogP contribution is 2.43. The van der Waals surface area contributed by atoms with E-state index in [0.717, 1.165) is 14.2 Å². The van der Waals surface area contributed by atoms with Gasteiger partial charge < -0.3 is 9.47 Å². The van der Waals surface area contributed by atoms with Crippen LogP contribution < -0.4 is 0 Å². The average Bonchev–Trinajstić information content (AvgIpc) is 2.64. The summed E-state index contributed by atoms with van der Waals surface area (Å²) in [5.74, 6) is -0.833. The smallest absolute Gasteiger partial charge is 0.325 e. The van der Waals surface area contributed by atoms with Gasteiger partial charge >= 0.3 is 11.9 Å². The number of carbonyl (C=O) groups is 2. The number of hydrogen-bond acceptors (Lipinski definition) is 6. The van der Waals surface area contributed by atoms with Crippen molar-refractivity contribution in [2.45, 2.75) is 18.8 Å². The largest absolute Gasteiger partial charge is 0.468 e. The Morgan fingerprint density at radius 1 is 1.35 bits per heavy atom. The summed E-state index contributed by atoms with van der Waals surface area (Å²) in [4.78, 5) is 36.0. The number of nitrogens with zero attached hydrogens (tertiary/aromatic N) is 1. The Balaban J connectivity index is 3.78. The van der Waals surface area contributed by atoms with Crippen LogP contribution >= 0.6 is 0 Å². The molecule has 1 rings (SSSR count). The first-order valence-electron chi connectivity index (χ1n) is 7.79. The lowest BCUT2D eigenvalue weighted by Gasteiger charge is -2.33. The Morgan fingerprint density at radius 3 is 2.38 bits per heavy atom. The maximum absolute atomic E-state index is 12.6. The second kappa shape index (κ2) is 9.37. The molecule has 0 amide bonds. The summed E-state index contributed by atoms with van der Waals surface area (Å²) < 4.78 is 9.59. The molecule has 0 aliphatic carbocycles. The minimum Gasteiger partial charge on any atom is -0.468 e. The third-order valence-corrected chi connectivity index (χ3v) is 4.20. The van der Waals surface area contributed by atoms with Gasteiger partial charge in [0.25, 0.3) is 0 Å². The number of benzene rings is 1. The minimum atomic E-state index is -2.03. The van der Waals surface area contributed by atoms with Crippen molar-refractivity contribution in [1.82, 2.24) is 0 Å². The molecule has 0 bridgehead atoms. The summed E-state index contributed by atoms with van der Waals surface area (Å²) in [6.07, 6.45) is 7.02. The van der Waals surface area contributed by atoms with Crippen LogP contribution in [-0.2, 0) is 25.5 Å². The molecule has 0 heterocycles. The molecular formula is C19H21NO6. The molecule has 0 N–H and O–H groups in total. The van der Waals surface area contributed by atoms with Crippen LogP contribution in [-0.4, -0.2) is 37.6 Å². The molecular weight excluding hydrogens is 338 g/mol. The van der Waals surface area contributed by atoms with Gasteiger partial charge in [0.15, 0.2) is 5.41 Å². The molecule has 0 aliphatic heterocycles. The summed E-state index contributed by atoms with van der Waals surface area (Å²) in [5.41, 5.74) is -0.874. The van der Waals surface area contributed by atoms with E-state index in [2.05, 4.69) is 12.5 Å². The molecule has 138 valence electrons. The lowest BCUT2D eigenvalue weighted by Crippen LogP contribution is -2.48. The van der Waals surface area contributed by atoms with Crippen LogP contribution in [0, 0.1) is 27.9 Å². The Kier molecular flexibility index (Phi) is 7.53. The molecule has 0 aromatic heterocycles. The molecule has 26 heavy (non-hydrogen) atoms. The highest BCUT2D eigenvalue weighted by atomic mass is 16.6. The van der Waals surface area contributed by atoms with Crippen molar-refractivity contribution in [2.75, 3.05) is 20.8 Å². The van der Waals surface area contributed by atoms with Crippen LogP contribution in [0.15, 0.2) is 36.9 Å². The normalized spacial score (nSPS) is 11.7. The fourth-order valence-electron chi connectivity index (χ4n) is 3.04. The third kappa shape index (κ3) is 4.09. The Hall–Kier alpha value is -3.14. The van der Waals surface area contributed by atoms with Crippen molar-refractivity contribution in [3.8, 4) is 12.3 Å².